The minimum atomic E-state index is -0.554. The molecule has 30 heavy (non-hydrogen) atoms. The molecule has 0 atom stereocenters. The standard InChI is InChI=1S/C21H19BrN2O5S/c1-3-29-17-8-13(15(22)10-16(17)25)9-18-20(27)24(21(28)30-18)11-19(26)23-14-6-4-12(2)5-7-14/h4-10,25H,3,11H2,1-2H3,(H,23,26)/b18-9+. The Morgan fingerprint density at radius 1 is 1.27 bits per heavy atom. The van der Waals surface area contributed by atoms with Crippen molar-refractivity contribution in [3.63, 3.8) is 0 Å². The predicted octanol–water partition coefficient (Wildman–Crippen LogP) is 4.54. The molecule has 1 saturated heterocycles. The number of hydrogen-bond donors (Lipinski definition) is 2. The van der Waals surface area contributed by atoms with Crippen LogP contribution in [0.5, 0.6) is 11.5 Å². The van der Waals surface area contributed by atoms with Crippen molar-refractivity contribution in [2.45, 2.75) is 13.8 Å². The first-order valence-electron chi connectivity index (χ1n) is 9.05. The topological polar surface area (TPSA) is 95.9 Å². The molecule has 3 amide bonds. The molecule has 0 unspecified atom stereocenters. The highest BCUT2D eigenvalue weighted by Gasteiger charge is 2.36. The number of phenols is 1. The molecule has 0 radical (unpaired) electrons. The lowest BCUT2D eigenvalue weighted by molar-refractivity contribution is -0.127. The van der Waals surface area contributed by atoms with Gasteiger partial charge in [0.05, 0.1) is 11.5 Å². The van der Waals surface area contributed by atoms with E-state index in [2.05, 4.69) is 21.2 Å². The van der Waals surface area contributed by atoms with Crippen molar-refractivity contribution in [1.82, 2.24) is 4.90 Å². The molecule has 0 aliphatic carbocycles. The predicted molar refractivity (Wildman–Crippen MR) is 119 cm³/mol. The van der Waals surface area contributed by atoms with E-state index in [0.717, 1.165) is 22.2 Å². The second kappa shape index (κ2) is 9.36. The minimum Gasteiger partial charge on any atom is -0.504 e. The van der Waals surface area contributed by atoms with Crippen molar-refractivity contribution in [2.24, 2.45) is 0 Å². The first-order chi connectivity index (χ1) is 14.3. The number of benzene rings is 2. The van der Waals surface area contributed by atoms with E-state index in [0.29, 0.717) is 22.3 Å². The molecule has 1 aliphatic heterocycles. The fourth-order valence-electron chi connectivity index (χ4n) is 2.70. The first kappa shape index (κ1) is 21.9. The van der Waals surface area contributed by atoms with Gasteiger partial charge >= 0.3 is 0 Å². The van der Waals surface area contributed by atoms with Crippen LogP contribution in [0.3, 0.4) is 0 Å². The van der Waals surface area contributed by atoms with Crippen molar-refractivity contribution < 1.29 is 24.2 Å². The van der Waals surface area contributed by atoms with Gasteiger partial charge in [-0.1, -0.05) is 33.6 Å². The number of imide groups is 1. The first-order valence-corrected chi connectivity index (χ1v) is 10.7. The van der Waals surface area contributed by atoms with Gasteiger partial charge in [0.1, 0.15) is 6.54 Å². The van der Waals surface area contributed by atoms with Crippen LogP contribution in [0.15, 0.2) is 45.8 Å². The van der Waals surface area contributed by atoms with Crippen LogP contribution in [-0.2, 0) is 9.59 Å². The Morgan fingerprint density at radius 2 is 1.97 bits per heavy atom. The van der Waals surface area contributed by atoms with Gasteiger partial charge in [-0.15, -0.1) is 0 Å². The maximum Gasteiger partial charge on any atom is 0.294 e. The molecule has 9 heteroatoms. The molecule has 1 heterocycles. The summed E-state index contributed by atoms with van der Waals surface area (Å²) in [6.07, 6.45) is 1.52. The number of nitrogens with zero attached hydrogens (tertiary/aromatic N) is 1. The van der Waals surface area contributed by atoms with Gasteiger partial charge < -0.3 is 15.2 Å². The number of hydrogen-bond acceptors (Lipinski definition) is 6. The largest absolute Gasteiger partial charge is 0.504 e. The fraction of sp³-hybridized carbons (Fsp3) is 0.190. The third-order valence-corrected chi connectivity index (χ3v) is 5.77. The minimum absolute atomic E-state index is 0.0400. The third-order valence-electron chi connectivity index (χ3n) is 4.18. The lowest BCUT2D eigenvalue weighted by Crippen LogP contribution is -2.36. The molecular formula is C21H19BrN2O5S. The monoisotopic (exact) mass is 490 g/mol. The van der Waals surface area contributed by atoms with Crippen molar-refractivity contribution in [3.8, 4) is 11.5 Å². The molecule has 2 aromatic carbocycles. The van der Waals surface area contributed by atoms with E-state index in [1.165, 1.54) is 12.1 Å². The maximum absolute atomic E-state index is 12.7. The van der Waals surface area contributed by atoms with Gasteiger partial charge in [0.15, 0.2) is 11.5 Å². The van der Waals surface area contributed by atoms with Crippen LogP contribution >= 0.6 is 27.7 Å². The molecule has 0 bridgehead atoms. The Hall–Kier alpha value is -2.78. The number of aryl methyl sites for hydroxylation is 1. The van der Waals surface area contributed by atoms with Gasteiger partial charge in [-0.25, -0.2) is 0 Å². The summed E-state index contributed by atoms with van der Waals surface area (Å²) in [5.74, 6) is -0.792. The summed E-state index contributed by atoms with van der Waals surface area (Å²) >= 11 is 4.08. The van der Waals surface area contributed by atoms with Gasteiger partial charge in [-0.05, 0) is 61.5 Å². The van der Waals surface area contributed by atoms with Crippen molar-refractivity contribution in [2.75, 3.05) is 18.5 Å². The normalized spacial score (nSPS) is 15.0. The zero-order valence-corrected chi connectivity index (χ0v) is 18.7. The number of halogens is 1. The number of amides is 3. The average molecular weight is 491 g/mol. The molecule has 0 saturated carbocycles. The van der Waals surface area contributed by atoms with Crippen LogP contribution in [0.1, 0.15) is 18.1 Å². The van der Waals surface area contributed by atoms with Gasteiger partial charge in [-0.3, -0.25) is 19.3 Å². The maximum atomic E-state index is 12.7. The Bertz CT molecular complexity index is 1040. The summed E-state index contributed by atoms with van der Waals surface area (Å²) in [4.78, 5) is 38.3. The van der Waals surface area contributed by atoms with E-state index in [9.17, 15) is 19.5 Å². The highest BCUT2D eigenvalue weighted by molar-refractivity contribution is 9.10. The van der Waals surface area contributed by atoms with E-state index in [1.807, 2.05) is 19.1 Å². The summed E-state index contributed by atoms with van der Waals surface area (Å²) < 4.78 is 5.89. The highest BCUT2D eigenvalue weighted by atomic mass is 79.9. The summed E-state index contributed by atoms with van der Waals surface area (Å²) in [6, 6.07) is 10.2. The second-order valence-electron chi connectivity index (χ2n) is 6.46. The van der Waals surface area contributed by atoms with E-state index in [-0.39, 0.29) is 22.9 Å². The van der Waals surface area contributed by atoms with Crippen LogP contribution in [0.2, 0.25) is 0 Å². The van der Waals surface area contributed by atoms with Gasteiger partial charge in [0, 0.05) is 10.2 Å². The quantitative estimate of drug-likeness (QED) is 0.577. The molecule has 1 fully saturated rings. The van der Waals surface area contributed by atoms with Gasteiger partial charge in [0.2, 0.25) is 5.91 Å². The number of thioether (sulfide) groups is 1. The van der Waals surface area contributed by atoms with Crippen LogP contribution in [0.25, 0.3) is 6.08 Å². The molecule has 156 valence electrons. The van der Waals surface area contributed by atoms with Crippen molar-refractivity contribution in [3.05, 3.63) is 56.9 Å². The Labute approximate surface area is 186 Å². The number of carbonyl (C=O) groups is 3. The summed E-state index contributed by atoms with van der Waals surface area (Å²) in [5.41, 5.74) is 2.20. The molecular weight excluding hydrogens is 472 g/mol. The number of carbonyl (C=O) groups excluding carboxylic acids is 3. The number of nitrogens with one attached hydrogen (secondary N) is 1. The Balaban J connectivity index is 1.75. The summed E-state index contributed by atoms with van der Waals surface area (Å²) in [7, 11) is 0. The lowest BCUT2D eigenvalue weighted by Gasteiger charge is -2.12. The van der Waals surface area contributed by atoms with E-state index < -0.39 is 17.1 Å². The molecule has 2 N–H and O–H groups in total. The van der Waals surface area contributed by atoms with E-state index >= 15 is 0 Å². The molecule has 0 spiro atoms. The number of phenolic OH excluding ortho intramolecular Hbond substituents is 1. The van der Waals surface area contributed by atoms with E-state index in [1.54, 1.807) is 25.1 Å². The van der Waals surface area contributed by atoms with Crippen LogP contribution in [-0.4, -0.2) is 40.2 Å². The number of anilines is 1. The SMILES string of the molecule is CCOc1cc(/C=C2/SC(=O)N(CC(=O)Nc3ccc(C)cc3)C2=O)c(Br)cc1O. The number of ether oxygens (including phenoxy) is 1. The zero-order chi connectivity index (χ0) is 21.8. The molecule has 1 aliphatic rings. The van der Waals surface area contributed by atoms with Crippen molar-refractivity contribution >= 4 is 56.5 Å². The second-order valence-corrected chi connectivity index (χ2v) is 8.30. The Kier molecular flexibility index (Phi) is 6.84. The lowest BCUT2D eigenvalue weighted by atomic mass is 10.2. The average Bonchev–Trinajstić information content (AvgIpc) is 2.95. The molecule has 7 nitrogen and oxygen atoms in total. The number of aromatic hydroxyl groups is 1. The van der Waals surface area contributed by atoms with Crippen LogP contribution < -0.4 is 10.1 Å². The number of rotatable bonds is 6. The van der Waals surface area contributed by atoms with Crippen LogP contribution in [0, 0.1) is 6.92 Å². The Morgan fingerprint density at radius 3 is 2.63 bits per heavy atom. The van der Waals surface area contributed by atoms with Gasteiger partial charge in [-0.2, -0.15) is 0 Å². The van der Waals surface area contributed by atoms with Gasteiger partial charge in [0.25, 0.3) is 11.1 Å². The van der Waals surface area contributed by atoms with Crippen molar-refractivity contribution in [1.29, 1.82) is 0 Å². The smallest absolute Gasteiger partial charge is 0.294 e. The highest BCUT2D eigenvalue weighted by Crippen LogP contribution is 2.37. The summed E-state index contributed by atoms with van der Waals surface area (Å²) in [5, 5.41) is 12.1. The molecule has 0 aromatic heterocycles. The molecule has 3 rings (SSSR count). The fourth-order valence-corrected chi connectivity index (χ4v) is 3.97. The summed E-state index contributed by atoms with van der Waals surface area (Å²) in [6.45, 7) is 3.70. The zero-order valence-electron chi connectivity index (χ0n) is 16.3. The molecule has 2 aromatic rings. The van der Waals surface area contributed by atoms with Crippen LogP contribution in [0.4, 0.5) is 10.5 Å². The third kappa shape index (κ3) is 5.03. The van der Waals surface area contributed by atoms with E-state index in [4.69, 9.17) is 4.74 Å².